The SMILES string of the molecule is C[C@H](c1ccccc1)N1C(=O)OC[C@@H]1CO. The highest BCUT2D eigenvalue weighted by atomic mass is 16.6. The highest BCUT2D eigenvalue weighted by Crippen LogP contribution is 2.26. The van der Waals surface area contributed by atoms with Gasteiger partial charge in [0, 0.05) is 0 Å². The Morgan fingerprint density at radius 1 is 1.50 bits per heavy atom. The topological polar surface area (TPSA) is 49.8 Å². The quantitative estimate of drug-likeness (QED) is 0.842. The molecule has 1 amide bonds. The summed E-state index contributed by atoms with van der Waals surface area (Å²) in [7, 11) is 0. The zero-order valence-corrected chi connectivity index (χ0v) is 9.17. The normalized spacial score (nSPS) is 22.0. The average Bonchev–Trinajstić information content (AvgIpc) is 2.70. The number of aliphatic hydroxyl groups excluding tert-OH is 1. The predicted molar refractivity (Wildman–Crippen MR) is 58.9 cm³/mol. The number of ether oxygens (including phenoxy) is 1. The molecule has 1 aromatic carbocycles. The first-order chi connectivity index (χ1) is 7.74. The number of rotatable bonds is 3. The monoisotopic (exact) mass is 221 g/mol. The number of aliphatic hydroxyl groups is 1. The standard InChI is InChI=1S/C12H15NO3/c1-9(10-5-3-2-4-6-10)13-11(7-14)8-16-12(13)15/h2-6,9,11,14H,7-8H2,1H3/t9-,11+/m1/s1. The number of amides is 1. The molecule has 2 rings (SSSR count). The van der Waals surface area contributed by atoms with E-state index in [0.29, 0.717) is 0 Å². The Bertz CT molecular complexity index is 366. The van der Waals surface area contributed by atoms with Gasteiger partial charge in [-0.3, -0.25) is 4.90 Å². The smallest absolute Gasteiger partial charge is 0.410 e. The van der Waals surface area contributed by atoms with Crippen molar-refractivity contribution in [1.29, 1.82) is 0 Å². The Kier molecular flexibility index (Phi) is 3.10. The van der Waals surface area contributed by atoms with E-state index in [-0.39, 0.29) is 31.4 Å². The fourth-order valence-electron chi connectivity index (χ4n) is 1.98. The predicted octanol–water partition coefficient (Wildman–Crippen LogP) is 1.56. The molecule has 1 fully saturated rings. The van der Waals surface area contributed by atoms with Gasteiger partial charge in [0.1, 0.15) is 6.61 Å². The second-order valence-corrected chi connectivity index (χ2v) is 3.91. The van der Waals surface area contributed by atoms with Crippen LogP contribution in [0.15, 0.2) is 30.3 Å². The van der Waals surface area contributed by atoms with Crippen molar-refractivity contribution in [3.05, 3.63) is 35.9 Å². The molecule has 0 aliphatic carbocycles. The van der Waals surface area contributed by atoms with Crippen molar-refractivity contribution in [2.24, 2.45) is 0 Å². The zero-order valence-electron chi connectivity index (χ0n) is 9.17. The number of carbonyl (C=O) groups is 1. The molecule has 1 aliphatic rings. The minimum absolute atomic E-state index is 0.0666. The first-order valence-corrected chi connectivity index (χ1v) is 5.35. The summed E-state index contributed by atoms with van der Waals surface area (Å²) < 4.78 is 4.94. The third-order valence-electron chi connectivity index (χ3n) is 2.91. The highest BCUT2D eigenvalue weighted by molar-refractivity contribution is 5.70. The molecule has 0 saturated carbocycles. The molecular formula is C12H15NO3. The lowest BCUT2D eigenvalue weighted by atomic mass is 10.1. The summed E-state index contributed by atoms with van der Waals surface area (Å²) in [5, 5.41) is 9.18. The molecule has 86 valence electrons. The van der Waals surface area contributed by atoms with Crippen LogP contribution in [0.1, 0.15) is 18.5 Å². The number of benzene rings is 1. The number of hydrogen-bond acceptors (Lipinski definition) is 3. The fraction of sp³-hybridized carbons (Fsp3) is 0.417. The van der Waals surface area contributed by atoms with Gasteiger partial charge in [-0.25, -0.2) is 4.79 Å². The van der Waals surface area contributed by atoms with E-state index in [0.717, 1.165) is 5.56 Å². The summed E-state index contributed by atoms with van der Waals surface area (Å²) in [6, 6.07) is 9.41. The van der Waals surface area contributed by atoms with Crippen molar-refractivity contribution in [2.75, 3.05) is 13.2 Å². The first kappa shape index (κ1) is 11.0. The Morgan fingerprint density at radius 2 is 2.19 bits per heavy atom. The van der Waals surface area contributed by atoms with Crippen molar-refractivity contribution < 1.29 is 14.6 Å². The summed E-state index contributed by atoms with van der Waals surface area (Å²) in [6.45, 7) is 2.14. The van der Waals surface area contributed by atoms with Crippen molar-refractivity contribution in [3.8, 4) is 0 Å². The van der Waals surface area contributed by atoms with E-state index in [2.05, 4.69) is 0 Å². The van der Waals surface area contributed by atoms with Gasteiger partial charge in [0.25, 0.3) is 0 Å². The minimum atomic E-state index is -0.351. The van der Waals surface area contributed by atoms with Crippen LogP contribution in [0.4, 0.5) is 4.79 Å². The third kappa shape index (κ3) is 1.88. The maximum absolute atomic E-state index is 11.6. The molecule has 0 bridgehead atoms. The van der Waals surface area contributed by atoms with Crippen LogP contribution in [-0.4, -0.2) is 35.4 Å². The molecule has 0 unspecified atom stereocenters. The first-order valence-electron chi connectivity index (χ1n) is 5.35. The molecule has 16 heavy (non-hydrogen) atoms. The van der Waals surface area contributed by atoms with Crippen LogP contribution in [0.2, 0.25) is 0 Å². The fourth-order valence-corrected chi connectivity index (χ4v) is 1.98. The Morgan fingerprint density at radius 3 is 2.81 bits per heavy atom. The summed E-state index contributed by atoms with van der Waals surface area (Å²) in [5.74, 6) is 0. The lowest BCUT2D eigenvalue weighted by Crippen LogP contribution is -2.38. The van der Waals surface area contributed by atoms with Gasteiger partial charge >= 0.3 is 6.09 Å². The minimum Gasteiger partial charge on any atom is -0.447 e. The Labute approximate surface area is 94.4 Å². The van der Waals surface area contributed by atoms with Gasteiger partial charge in [0.05, 0.1) is 18.7 Å². The number of nitrogens with zero attached hydrogens (tertiary/aromatic N) is 1. The summed E-state index contributed by atoms with van der Waals surface area (Å²) in [6.07, 6.45) is -0.351. The summed E-state index contributed by atoms with van der Waals surface area (Å²) in [4.78, 5) is 13.1. The van der Waals surface area contributed by atoms with Crippen molar-refractivity contribution >= 4 is 6.09 Å². The second kappa shape index (κ2) is 4.53. The lowest BCUT2D eigenvalue weighted by molar-refractivity contribution is 0.135. The van der Waals surface area contributed by atoms with Gasteiger partial charge in [-0.1, -0.05) is 30.3 Å². The summed E-state index contributed by atoms with van der Waals surface area (Å²) in [5.41, 5.74) is 1.04. The van der Waals surface area contributed by atoms with Crippen molar-refractivity contribution in [1.82, 2.24) is 4.90 Å². The van der Waals surface area contributed by atoms with Crippen LogP contribution in [-0.2, 0) is 4.74 Å². The van der Waals surface area contributed by atoms with E-state index in [1.54, 1.807) is 4.90 Å². The van der Waals surface area contributed by atoms with Crippen molar-refractivity contribution in [3.63, 3.8) is 0 Å². The van der Waals surface area contributed by atoms with E-state index in [1.165, 1.54) is 0 Å². The molecule has 2 atom stereocenters. The zero-order chi connectivity index (χ0) is 11.5. The van der Waals surface area contributed by atoms with Crippen LogP contribution in [0.3, 0.4) is 0 Å². The molecule has 4 heteroatoms. The van der Waals surface area contributed by atoms with Crippen LogP contribution in [0.5, 0.6) is 0 Å². The second-order valence-electron chi connectivity index (χ2n) is 3.91. The largest absolute Gasteiger partial charge is 0.447 e. The van der Waals surface area contributed by atoms with E-state index in [1.807, 2.05) is 37.3 Å². The third-order valence-corrected chi connectivity index (χ3v) is 2.91. The summed E-state index contributed by atoms with van der Waals surface area (Å²) >= 11 is 0. The van der Waals surface area contributed by atoms with Gasteiger partial charge in [0.15, 0.2) is 0 Å². The van der Waals surface area contributed by atoms with Gasteiger partial charge in [-0.15, -0.1) is 0 Å². The number of hydrogen-bond donors (Lipinski definition) is 1. The Hall–Kier alpha value is -1.55. The number of cyclic esters (lactones) is 1. The van der Waals surface area contributed by atoms with Gasteiger partial charge in [-0.05, 0) is 12.5 Å². The number of carbonyl (C=O) groups excluding carboxylic acids is 1. The van der Waals surface area contributed by atoms with Gasteiger partial charge in [0.2, 0.25) is 0 Å². The maximum Gasteiger partial charge on any atom is 0.410 e. The van der Waals surface area contributed by atoms with Crippen LogP contribution < -0.4 is 0 Å². The van der Waals surface area contributed by atoms with E-state index in [4.69, 9.17) is 4.74 Å². The molecule has 1 N–H and O–H groups in total. The Balaban J connectivity index is 2.20. The van der Waals surface area contributed by atoms with Gasteiger partial charge in [-0.2, -0.15) is 0 Å². The molecule has 1 aromatic rings. The molecule has 0 radical (unpaired) electrons. The molecular weight excluding hydrogens is 206 g/mol. The van der Waals surface area contributed by atoms with Crippen molar-refractivity contribution in [2.45, 2.75) is 19.0 Å². The molecule has 0 spiro atoms. The molecule has 1 aliphatic heterocycles. The average molecular weight is 221 g/mol. The van der Waals surface area contributed by atoms with E-state index >= 15 is 0 Å². The maximum atomic E-state index is 11.6. The molecule has 1 heterocycles. The van der Waals surface area contributed by atoms with E-state index in [9.17, 15) is 9.90 Å². The van der Waals surface area contributed by atoms with E-state index < -0.39 is 0 Å². The highest BCUT2D eigenvalue weighted by Gasteiger charge is 2.36. The van der Waals surface area contributed by atoms with Crippen LogP contribution in [0.25, 0.3) is 0 Å². The van der Waals surface area contributed by atoms with Crippen LogP contribution in [0, 0.1) is 0 Å². The van der Waals surface area contributed by atoms with Crippen LogP contribution >= 0.6 is 0 Å². The lowest BCUT2D eigenvalue weighted by Gasteiger charge is -2.27. The molecule has 4 nitrogen and oxygen atoms in total. The molecule has 0 aromatic heterocycles. The molecule has 1 saturated heterocycles. The van der Waals surface area contributed by atoms with Gasteiger partial charge < -0.3 is 9.84 Å².